The first-order valence-electron chi connectivity index (χ1n) is 8.69. The lowest BCUT2D eigenvalue weighted by Crippen LogP contribution is -2.20. The summed E-state index contributed by atoms with van der Waals surface area (Å²) in [6.45, 7) is 2.79. The lowest BCUT2D eigenvalue weighted by molar-refractivity contribution is -0.118. The number of halogens is 2. The minimum absolute atomic E-state index is 0.114. The van der Waals surface area contributed by atoms with Crippen molar-refractivity contribution in [2.75, 3.05) is 18.5 Å². The normalized spacial score (nSPS) is 10.4. The van der Waals surface area contributed by atoms with E-state index in [2.05, 4.69) is 28.2 Å². The fourth-order valence-corrected chi connectivity index (χ4v) is 3.01. The van der Waals surface area contributed by atoms with Crippen LogP contribution in [-0.4, -0.2) is 19.1 Å². The Balaban J connectivity index is 1.74. The van der Waals surface area contributed by atoms with E-state index in [1.807, 2.05) is 24.3 Å². The molecule has 26 heavy (non-hydrogen) atoms. The van der Waals surface area contributed by atoms with Crippen molar-refractivity contribution in [1.82, 2.24) is 0 Å². The molecule has 0 fully saturated rings. The molecule has 0 radical (unpaired) electrons. The molecule has 0 atom stereocenters. The molecule has 4 nitrogen and oxygen atoms in total. The predicted molar refractivity (Wildman–Crippen MR) is 109 cm³/mol. The smallest absolute Gasteiger partial charge is 0.262 e. The Labute approximate surface area is 168 Å². The van der Waals surface area contributed by atoms with Crippen molar-refractivity contribution in [3.8, 4) is 11.5 Å². The molecule has 0 spiro atoms. The molecule has 2 aromatic rings. The third-order valence-electron chi connectivity index (χ3n) is 3.66. The number of ether oxygens (including phenoxy) is 2. The highest BCUT2D eigenvalue weighted by Crippen LogP contribution is 2.27. The molecule has 0 heterocycles. The van der Waals surface area contributed by atoms with Crippen LogP contribution in [0.5, 0.6) is 11.5 Å². The van der Waals surface area contributed by atoms with Crippen LogP contribution in [0.3, 0.4) is 0 Å². The summed E-state index contributed by atoms with van der Waals surface area (Å²) in [5.74, 6) is 1.02. The molecule has 0 aliphatic rings. The van der Waals surface area contributed by atoms with Gasteiger partial charge in [-0.2, -0.15) is 0 Å². The second-order valence-electron chi connectivity index (χ2n) is 5.85. The minimum atomic E-state index is -0.253. The fourth-order valence-electron chi connectivity index (χ4n) is 2.29. The van der Waals surface area contributed by atoms with Gasteiger partial charge in [-0.3, -0.25) is 4.79 Å². The van der Waals surface area contributed by atoms with Crippen LogP contribution < -0.4 is 14.8 Å². The van der Waals surface area contributed by atoms with Crippen LogP contribution >= 0.6 is 27.5 Å². The fraction of sp³-hybridized carbons (Fsp3) is 0.350. The molecule has 0 aromatic heterocycles. The quantitative estimate of drug-likeness (QED) is 0.455. The van der Waals surface area contributed by atoms with Gasteiger partial charge in [0.15, 0.2) is 6.61 Å². The molecule has 0 aliphatic carbocycles. The van der Waals surface area contributed by atoms with Crippen LogP contribution in [0.15, 0.2) is 46.9 Å². The number of carbonyl (C=O) groups is 1. The Hall–Kier alpha value is -1.72. The predicted octanol–water partition coefficient (Wildman–Crippen LogP) is 6.08. The zero-order valence-corrected chi connectivity index (χ0v) is 17.1. The maximum atomic E-state index is 12.0. The van der Waals surface area contributed by atoms with Gasteiger partial charge in [0.05, 0.1) is 11.6 Å². The van der Waals surface area contributed by atoms with Gasteiger partial charge >= 0.3 is 0 Å². The van der Waals surface area contributed by atoms with Crippen LogP contribution in [0.2, 0.25) is 5.02 Å². The lowest BCUT2D eigenvalue weighted by Gasteiger charge is -2.10. The van der Waals surface area contributed by atoms with Crippen molar-refractivity contribution in [3.63, 3.8) is 0 Å². The van der Waals surface area contributed by atoms with Gasteiger partial charge in [-0.05, 0) is 48.9 Å². The van der Waals surface area contributed by atoms with Gasteiger partial charge in [0.25, 0.3) is 5.91 Å². The van der Waals surface area contributed by atoms with Crippen LogP contribution in [0.25, 0.3) is 0 Å². The minimum Gasteiger partial charge on any atom is -0.494 e. The number of hydrogen-bond donors (Lipinski definition) is 1. The Morgan fingerprint density at radius 3 is 2.54 bits per heavy atom. The molecule has 2 aromatic carbocycles. The second kappa shape index (κ2) is 11.1. The van der Waals surface area contributed by atoms with Gasteiger partial charge in [0, 0.05) is 10.2 Å². The van der Waals surface area contributed by atoms with E-state index in [1.165, 1.54) is 19.3 Å². The Bertz CT molecular complexity index is 707. The maximum absolute atomic E-state index is 12.0. The van der Waals surface area contributed by atoms with E-state index in [4.69, 9.17) is 21.1 Å². The number of unbranched alkanes of at least 4 members (excludes halogenated alkanes) is 3. The molecular formula is C20H23BrClNO3. The van der Waals surface area contributed by atoms with E-state index in [-0.39, 0.29) is 12.5 Å². The summed E-state index contributed by atoms with van der Waals surface area (Å²) < 4.78 is 12.0. The summed E-state index contributed by atoms with van der Waals surface area (Å²) in [5, 5.41) is 3.23. The number of nitrogens with one attached hydrogen (secondary N) is 1. The highest BCUT2D eigenvalue weighted by atomic mass is 79.9. The van der Waals surface area contributed by atoms with Crippen molar-refractivity contribution >= 4 is 39.1 Å². The van der Waals surface area contributed by atoms with Crippen molar-refractivity contribution in [2.45, 2.75) is 32.6 Å². The molecule has 2 rings (SSSR count). The Morgan fingerprint density at radius 1 is 1.08 bits per heavy atom. The van der Waals surface area contributed by atoms with Crippen LogP contribution in [0.1, 0.15) is 32.6 Å². The maximum Gasteiger partial charge on any atom is 0.262 e. The molecule has 1 N–H and O–H groups in total. The van der Waals surface area contributed by atoms with Gasteiger partial charge in [-0.1, -0.05) is 53.7 Å². The lowest BCUT2D eigenvalue weighted by atomic mass is 10.2. The molecule has 6 heteroatoms. The number of benzene rings is 2. The average Bonchev–Trinajstić information content (AvgIpc) is 2.62. The van der Waals surface area contributed by atoms with Gasteiger partial charge in [-0.15, -0.1) is 0 Å². The molecule has 1 amide bonds. The van der Waals surface area contributed by atoms with E-state index in [0.717, 1.165) is 16.6 Å². The van der Waals surface area contributed by atoms with Crippen LogP contribution in [0.4, 0.5) is 5.69 Å². The summed E-state index contributed by atoms with van der Waals surface area (Å²) in [6, 6.07) is 12.6. The Kier molecular flexibility index (Phi) is 8.78. The number of rotatable bonds is 10. The zero-order valence-electron chi connectivity index (χ0n) is 14.8. The van der Waals surface area contributed by atoms with Crippen molar-refractivity contribution in [1.29, 1.82) is 0 Å². The summed E-state index contributed by atoms with van der Waals surface area (Å²) in [6.07, 6.45) is 4.70. The van der Waals surface area contributed by atoms with E-state index in [9.17, 15) is 4.79 Å². The summed E-state index contributed by atoms with van der Waals surface area (Å²) in [7, 11) is 0. The number of hydrogen-bond acceptors (Lipinski definition) is 3. The van der Waals surface area contributed by atoms with Gasteiger partial charge < -0.3 is 14.8 Å². The van der Waals surface area contributed by atoms with Gasteiger partial charge in [-0.25, -0.2) is 0 Å². The Morgan fingerprint density at radius 2 is 1.85 bits per heavy atom. The topological polar surface area (TPSA) is 47.6 Å². The number of carbonyl (C=O) groups excluding carboxylic acids is 1. The molecule has 0 aliphatic heterocycles. The highest BCUT2D eigenvalue weighted by Gasteiger charge is 2.07. The zero-order chi connectivity index (χ0) is 18.8. The van der Waals surface area contributed by atoms with Gasteiger partial charge in [0.2, 0.25) is 0 Å². The van der Waals surface area contributed by atoms with Crippen molar-refractivity contribution < 1.29 is 14.3 Å². The largest absolute Gasteiger partial charge is 0.494 e. The monoisotopic (exact) mass is 439 g/mol. The second-order valence-corrected chi connectivity index (χ2v) is 7.17. The molecular weight excluding hydrogens is 418 g/mol. The van der Waals surface area contributed by atoms with E-state index < -0.39 is 0 Å². The summed E-state index contributed by atoms with van der Waals surface area (Å²) in [4.78, 5) is 12.0. The van der Waals surface area contributed by atoms with Crippen molar-refractivity contribution in [2.24, 2.45) is 0 Å². The van der Waals surface area contributed by atoms with Crippen molar-refractivity contribution in [3.05, 3.63) is 52.0 Å². The standard InChI is InChI=1S/C20H23BrClNO3/c1-2-3-4-5-12-25-17-9-7-16(8-10-17)23-20(24)14-26-19-11-6-15(21)13-18(19)22/h6-11,13H,2-5,12,14H2,1H3,(H,23,24). The first kappa shape index (κ1) is 20.6. The molecule has 0 unspecified atom stereocenters. The molecule has 140 valence electrons. The SMILES string of the molecule is CCCCCCOc1ccc(NC(=O)COc2ccc(Br)cc2Cl)cc1. The van der Waals surface area contributed by atoms with E-state index in [0.29, 0.717) is 23.1 Å². The highest BCUT2D eigenvalue weighted by molar-refractivity contribution is 9.10. The van der Waals surface area contributed by atoms with E-state index >= 15 is 0 Å². The first-order valence-corrected chi connectivity index (χ1v) is 9.86. The van der Waals surface area contributed by atoms with Crippen LogP contribution in [-0.2, 0) is 4.79 Å². The molecule has 0 saturated carbocycles. The number of anilines is 1. The third-order valence-corrected chi connectivity index (χ3v) is 4.45. The molecule has 0 bridgehead atoms. The van der Waals surface area contributed by atoms with E-state index in [1.54, 1.807) is 18.2 Å². The van der Waals surface area contributed by atoms with Crippen LogP contribution in [0, 0.1) is 0 Å². The first-order chi connectivity index (χ1) is 12.6. The summed E-state index contributed by atoms with van der Waals surface area (Å²) >= 11 is 9.38. The van der Waals surface area contributed by atoms with Gasteiger partial charge in [0.1, 0.15) is 11.5 Å². The average molecular weight is 441 g/mol. The summed E-state index contributed by atoms with van der Waals surface area (Å²) in [5.41, 5.74) is 0.693. The third kappa shape index (κ3) is 7.26. The molecule has 0 saturated heterocycles. The number of amides is 1.